The number of nitrogens with zero attached hydrogens (tertiary/aromatic N) is 1. The summed E-state index contributed by atoms with van der Waals surface area (Å²) >= 11 is 0. The number of benzene rings is 1. The van der Waals surface area contributed by atoms with Gasteiger partial charge in [0.15, 0.2) is 0 Å². The first-order valence-corrected chi connectivity index (χ1v) is 8.38. The highest BCUT2D eigenvalue weighted by Gasteiger charge is 2.40. The van der Waals surface area contributed by atoms with Gasteiger partial charge in [0.1, 0.15) is 0 Å². The van der Waals surface area contributed by atoms with Crippen molar-refractivity contribution < 1.29 is 9.53 Å². The highest BCUT2D eigenvalue weighted by Crippen LogP contribution is 2.26. The lowest BCUT2D eigenvalue weighted by atomic mass is 9.95. The van der Waals surface area contributed by atoms with Crippen LogP contribution in [0.5, 0.6) is 0 Å². The summed E-state index contributed by atoms with van der Waals surface area (Å²) in [5, 5.41) is 3.10. The maximum Gasteiger partial charge on any atom is 0.318 e. The van der Waals surface area contributed by atoms with Gasteiger partial charge in [0.2, 0.25) is 0 Å². The van der Waals surface area contributed by atoms with Gasteiger partial charge in [-0.1, -0.05) is 51.1 Å². The van der Waals surface area contributed by atoms with Crippen molar-refractivity contribution in [3.05, 3.63) is 35.9 Å². The van der Waals surface area contributed by atoms with Gasteiger partial charge in [-0.3, -0.25) is 0 Å². The lowest BCUT2D eigenvalue weighted by Gasteiger charge is -2.47. The highest BCUT2D eigenvalue weighted by molar-refractivity contribution is 5.75. The molecule has 1 aromatic rings. The minimum absolute atomic E-state index is 0.00848. The molecular weight excluding hydrogens is 288 g/mol. The van der Waals surface area contributed by atoms with E-state index in [2.05, 4.69) is 52.1 Å². The summed E-state index contributed by atoms with van der Waals surface area (Å²) in [6, 6.07) is 10.4. The largest absolute Gasteiger partial charge is 0.377 e. The molecule has 1 aliphatic heterocycles. The zero-order valence-electron chi connectivity index (χ0n) is 15.1. The monoisotopic (exact) mass is 318 g/mol. The Labute approximate surface area is 140 Å². The summed E-state index contributed by atoms with van der Waals surface area (Å²) in [5.74, 6) is 0. The molecule has 23 heavy (non-hydrogen) atoms. The van der Waals surface area contributed by atoms with Crippen LogP contribution in [0.3, 0.4) is 0 Å². The van der Waals surface area contributed by atoms with Crippen LogP contribution in [0.15, 0.2) is 30.3 Å². The molecule has 1 heterocycles. The Hall–Kier alpha value is -1.55. The molecule has 1 fully saturated rings. The number of urea groups is 1. The number of amides is 2. The van der Waals surface area contributed by atoms with Gasteiger partial charge < -0.3 is 15.0 Å². The number of rotatable bonds is 3. The number of carbonyl (C=O) groups excluding carboxylic acids is 1. The fourth-order valence-electron chi connectivity index (χ4n) is 2.99. The molecule has 2 rings (SSSR count). The Morgan fingerprint density at radius 3 is 2.57 bits per heavy atom. The van der Waals surface area contributed by atoms with Crippen molar-refractivity contribution in [3.8, 4) is 0 Å². The predicted octanol–water partition coefficient (Wildman–Crippen LogP) is 3.46. The smallest absolute Gasteiger partial charge is 0.318 e. The third kappa shape index (κ3) is 4.96. The molecule has 1 aliphatic rings. The van der Waals surface area contributed by atoms with E-state index < -0.39 is 0 Å². The fourth-order valence-corrected chi connectivity index (χ4v) is 2.99. The van der Waals surface area contributed by atoms with Gasteiger partial charge in [0.25, 0.3) is 0 Å². The van der Waals surface area contributed by atoms with Gasteiger partial charge >= 0.3 is 6.03 Å². The van der Waals surface area contributed by atoms with E-state index in [0.717, 1.165) is 6.42 Å². The van der Waals surface area contributed by atoms with Crippen LogP contribution in [-0.2, 0) is 11.2 Å². The second-order valence-corrected chi connectivity index (χ2v) is 8.26. The van der Waals surface area contributed by atoms with Crippen LogP contribution in [0.2, 0.25) is 0 Å². The second-order valence-electron chi connectivity index (χ2n) is 8.26. The first-order chi connectivity index (χ1) is 10.7. The number of carbonyl (C=O) groups is 1. The zero-order chi connectivity index (χ0) is 17.1. The molecule has 0 aliphatic carbocycles. The predicted molar refractivity (Wildman–Crippen MR) is 93.5 cm³/mol. The minimum atomic E-state index is -0.306. The Bertz CT molecular complexity index is 520. The van der Waals surface area contributed by atoms with Gasteiger partial charge in [0.05, 0.1) is 24.8 Å². The van der Waals surface area contributed by atoms with Crippen molar-refractivity contribution in [1.29, 1.82) is 0 Å². The second kappa shape index (κ2) is 6.91. The van der Waals surface area contributed by atoms with Gasteiger partial charge in [0, 0.05) is 6.54 Å². The average molecular weight is 318 g/mol. The molecule has 0 bridgehead atoms. The van der Waals surface area contributed by atoms with E-state index in [4.69, 9.17) is 4.74 Å². The summed E-state index contributed by atoms with van der Waals surface area (Å²) in [7, 11) is 0. The van der Waals surface area contributed by atoms with Crippen molar-refractivity contribution in [1.82, 2.24) is 10.2 Å². The summed E-state index contributed by atoms with van der Waals surface area (Å²) < 4.78 is 5.77. The van der Waals surface area contributed by atoms with E-state index in [1.165, 1.54) is 5.56 Å². The van der Waals surface area contributed by atoms with Crippen LogP contribution in [0.1, 0.15) is 40.2 Å². The number of morpholine rings is 1. The minimum Gasteiger partial charge on any atom is -0.377 e. The molecule has 0 radical (unpaired) electrons. The van der Waals surface area contributed by atoms with E-state index >= 15 is 0 Å². The lowest BCUT2D eigenvalue weighted by molar-refractivity contribution is -0.0641. The quantitative estimate of drug-likeness (QED) is 0.927. The van der Waals surface area contributed by atoms with Crippen molar-refractivity contribution >= 4 is 6.03 Å². The van der Waals surface area contributed by atoms with Gasteiger partial charge in [-0.25, -0.2) is 4.79 Å². The van der Waals surface area contributed by atoms with Gasteiger partial charge in [-0.15, -0.1) is 0 Å². The van der Waals surface area contributed by atoms with Crippen molar-refractivity contribution in [2.45, 2.75) is 52.6 Å². The number of hydrogen-bond acceptors (Lipinski definition) is 2. The zero-order valence-corrected chi connectivity index (χ0v) is 15.1. The van der Waals surface area contributed by atoms with Crippen LogP contribution in [0.25, 0.3) is 0 Å². The average Bonchev–Trinajstić information content (AvgIpc) is 2.44. The number of ether oxygens (including phenoxy) is 1. The van der Waals surface area contributed by atoms with E-state index in [-0.39, 0.29) is 23.0 Å². The maximum atomic E-state index is 12.8. The molecule has 1 unspecified atom stereocenters. The molecule has 0 spiro atoms. The first-order valence-electron chi connectivity index (χ1n) is 8.38. The molecule has 0 saturated carbocycles. The van der Waals surface area contributed by atoms with Crippen LogP contribution in [-0.4, -0.2) is 42.3 Å². The third-order valence-corrected chi connectivity index (χ3v) is 4.09. The summed E-state index contributed by atoms with van der Waals surface area (Å²) in [6.07, 6.45) is 0.813. The van der Waals surface area contributed by atoms with E-state index in [1.807, 2.05) is 23.1 Å². The SMILES string of the molecule is CC(C)(C)CNC(=O)N1C(Cc2ccccc2)COCC1(C)C. The van der Waals surface area contributed by atoms with E-state index in [9.17, 15) is 4.79 Å². The fraction of sp³-hybridized carbons (Fsp3) is 0.632. The highest BCUT2D eigenvalue weighted by atomic mass is 16.5. The molecule has 2 amide bonds. The summed E-state index contributed by atoms with van der Waals surface area (Å²) in [4.78, 5) is 14.8. The van der Waals surface area contributed by atoms with Crippen LogP contribution in [0, 0.1) is 5.41 Å². The van der Waals surface area contributed by atoms with E-state index in [0.29, 0.717) is 19.8 Å². The first kappa shape index (κ1) is 17.8. The lowest BCUT2D eigenvalue weighted by Crippen LogP contribution is -2.63. The molecule has 1 aromatic carbocycles. The molecular formula is C19H30N2O2. The Balaban J connectivity index is 2.13. The summed E-state index contributed by atoms with van der Waals surface area (Å²) in [5.41, 5.74) is 0.994. The molecule has 1 saturated heterocycles. The summed E-state index contributed by atoms with van der Waals surface area (Å²) in [6.45, 7) is 12.3. The van der Waals surface area contributed by atoms with E-state index in [1.54, 1.807) is 0 Å². The van der Waals surface area contributed by atoms with Gasteiger partial charge in [-0.05, 0) is 31.2 Å². The van der Waals surface area contributed by atoms with Crippen LogP contribution in [0.4, 0.5) is 4.79 Å². The van der Waals surface area contributed by atoms with Crippen LogP contribution < -0.4 is 5.32 Å². The normalized spacial score (nSPS) is 21.1. The number of hydrogen-bond donors (Lipinski definition) is 1. The Morgan fingerprint density at radius 1 is 1.30 bits per heavy atom. The maximum absolute atomic E-state index is 12.8. The molecule has 128 valence electrons. The third-order valence-electron chi connectivity index (χ3n) is 4.09. The Kier molecular flexibility index (Phi) is 5.35. The molecule has 0 aromatic heterocycles. The topological polar surface area (TPSA) is 41.6 Å². The molecule has 1 atom stereocenters. The standard InChI is InChI=1S/C19H30N2O2/c1-18(2,3)13-20-17(22)21-16(12-23-14-19(21,4)5)11-15-9-7-6-8-10-15/h6-10,16H,11-14H2,1-5H3,(H,20,22). The number of nitrogens with one attached hydrogen (secondary N) is 1. The molecule has 1 N–H and O–H groups in total. The van der Waals surface area contributed by atoms with Crippen molar-refractivity contribution in [2.24, 2.45) is 5.41 Å². The van der Waals surface area contributed by atoms with Gasteiger partial charge in [-0.2, -0.15) is 0 Å². The van der Waals surface area contributed by atoms with Crippen LogP contribution >= 0.6 is 0 Å². The molecule has 4 nitrogen and oxygen atoms in total. The van der Waals surface area contributed by atoms with Crippen molar-refractivity contribution in [2.75, 3.05) is 19.8 Å². The Morgan fingerprint density at radius 2 is 1.96 bits per heavy atom. The molecule has 4 heteroatoms. The van der Waals surface area contributed by atoms with Crippen molar-refractivity contribution in [3.63, 3.8) is 0 Å².